The van der Waals surface area contributed by atoms with Gasteiger partial charge < -0.3 is 4.74 Å². The quantitative estimate of drug-likeness (QED) is 0.757. The topological polar surface area (TPSA) is 35.0 Å². The maximum absolute atomic E-state index is 6.22. The number of aromatic nitrogens is 2. The summed E-state index contributed by atoms with van der Waals surface area (Å²) in [6.07, 6.45) is 0.576. The first-order valence-corrected chi connectivity index (χ1v) is 7.14. The zero-order valence-electron chi connectivity index (χ0n) is 10.2. The second-order valence-corrected chi connectivity index (χ2v) is 5.39. The third-order valence-electron chi connectivity index (χ3n) is 2.54. The van der Waals surface area contributed by atoms with Crippen LogP contribution in [0, 0.1) is 0 Å². The van der Waals surface area contributed by atoms with Crippen molar-refractivity contribution in [2.45, 2.75) is 6.42 Å². The van der Waals surface area contributed by atoms with Crippen LogP contribution in [0.25, 0.3) is 11.1 Å². The Morgan fingerprint density at radius 3 is 2.37 bits per heavy atom. The Morgan fingerprint density at radius 2 is 1.79 bits per heavy atom. The summed E-state index contributed by atoms with van der Waals surface area (Å²) in [6, 6.07) is 7.66. The van der Waals surface area contributed by atoms with Gasteiger partial charge in [0.05, 0.1) is 12.2 Å². The lowest BCUT2D eigenvalue weighted by molar-refractivity contribution is 0.200. The summed E-state index contributed by atoms with van der Waals surface area (Å²) in [4.78, 5) is 8.52. The number of nitrogens with zero attached hydrogens (tertiary/aromatic N) is 2. The molecule has 6 heteroatoms. The van der Waals surface area contributed by atoms with Gasteiger partial charge in [0.2, 0.25) is 0 Å². The molecule has 19 heavy (non-hydrogen) atoms. The zero-order valence-corrected chi connectivity index (χ0v) is 13.3. The van der Waals surface area contributed by atoms with Crippen LogP contribution in [-0.4, -0.2) is 23.7 Å². The molecule has 1 aromatic carbocycles. The minimum atomic E-state index is 0.345. The van der Waals surface area contributed by atoms with Crippen molar-refractivity contribution in [2.75, 3.05) is 13.7 Å². The summed E-state index contributed by atoms with van der Waals surface area (Å²) >= 11 is 15.9. The summed E-state index contributed by atoms with van der Waals surface area (Å²) in [5.74, 6) is 0.577. The minimum Gasteiger partial charge on any atom is -0.384 e. The van der Waals surface area contributed by atoms with Gasteiger partial charge in [-0.1, -0.05) is 57.3 Å². The summed E-state index contributed by atoms with van der Waals surface area (Å²) in [6.45, 7) is 0.529. The van der Waals surface area contributed by atoms with Gasteiger partial charge in [-0.2, -0.15) is 0 Å². The highest BCUT2D eigenvalue weighted by atomic mass is 79.9. The third kappa shape index (κ3) is 3.45. The minimum absolute atomic E-state index is 0.345. The van der Waals surface area contributed by atoms with Gasteiger partial charge in [0.25, 0.3) is 0 Å². The maximum Gasteiger partial charge on any atom is 0.142 e. The molecule has 3 nitrogen and oxygen atoms in total. The number of halogens is 3. The van der Waals surface area contributed by atoms with Crippen molar-refractivity contribution >= 4 is 39.1 Å². The molecule has 0 unspecified atom stereocenters. The summed E-state index contributed by atoms with van der Waals surface area (Å²) in [5.41, 5.74) is 1.51. The van der Waals surface area contributed by atoms with Crippen LogP contribution in [0.3, 0.4) is 0 Å². The molecule has 0 bridgehead atoms. The van der Waals surface area contributed by atoms with E-state index in [9.17, 15) is 0 Å². The van der Waals surface area contributed by atoms with Crippen molar-refractivity contribution in [2.24, 2.45) is 0 Å². The lowest BCUT2D eigenvalue weighted by Gasteiger charge is -2.09. The number of hydrogen-bond acceptors (Lipinski definition) is 3. The number of hydrogen-bond donors (Lipinski definition) is 0. The molecule has 2 aromatic rings. The molecule has 0 aliphatic carbocycles. The summed E-state index contributed by atoms with van der Waals surface area (Å²) in [7, 11) is 1.62. The van der Waals surface area contributed by atoms with Crippen LogP contribution in [0.1, 0.15) is 5.82 Å². The maximum atomic E-state index is 6.22. The first-order valence-electron chi connectivity index (χ1n) is 5.59. The van der Waals surface area contributed by atoms with E-state index in [4.69, 9.17) is 27.9 Å². The number of ether oxygens (including phenoxy) is 1. The Bertz CT molecular complexity index is 570. The Kier molecular flexibility index (Phi) is 5.16. The second kappa shape index (κ2) is 6.66. The van der Waals surface area contributed by atoms with Crippen molar-refractivity contribution < 1.29 is 4.74 Å². The Morgan fingerprint density at radius 1 is 1.16 bits per heavy atom. The standard InChI is InChI=1S/C13H11BrCl2N2O/c1-19-7-6-10-17-12(15)11(13(16)18-10)8-4-2-3-5-9(8)14/h2-5H,6-7H2,1H3. The number of rotatable bonds is 4. The molecule has 0 aliphatic heterocycles. The molecular weight excluding hydrogens is 351 g/mol. The second-order valence-electron chi connectivity index (χ2n) is 3.82. The highest BCUT2D eigenvalue weighted by Crippen LogP contribution is 2.36. The molecular formula is C13H11BrCl2N2O. The molecule has 100 valence electrons. The van der Waals surface area contributed by atoms with Crippen molar-refractivity contribution in [1.82, 2.24) is 9.97 Å². The third-order valence-corrected chi connectivity index (χ3v) is 3.78. The van der Waals surface area contributed by atoms with Crippen molar-refractivity contribution in [3.05, 3.63) is 44.9 Å². The molecule has 0 amide bonds. The number of benzene rings is 1. The van der Waals surface area contributed by atoms with Crippen LogP contribution in [0.15, 0.2) is 28.7 Å². The van der Waals surface area contributed by atoms with Crippen LogP contribution >= 0.6 is 39.1 Å². The first kappa shape index (κ1) is 14.7. The fourth-order valence-corrected chi connectivity index (χ4v) is 2.75. The lowest BCUT2D eigenvalue weighted by Crippen LogP contribution is -2.02. The van der Waals surface area contributed by atoms with Gasteiger partial charge in [-0.25, -0.2) is 9.97 Å². The number of methoxy groups -OCH3 is 1. The van der Waals surface area contributed by atoms with Crippen molar-refractivity contribution in [3.8, 4) is 11.1 Å². The van der Waals surface area contributed by atoms with Gasteiger partial charge in [-0.05, 0) is 6.07 Å². The van der Waals surface area contributed by atoms with E-state index in [2.05, 4.69) is 25.9 Å². The molecule has 0 saturated heterocycles. The smallest absolute Gasteiger partial charge is 0.142 e. The lowest BCUT2D eigenvalue weighted by atomic mass is 10.1. The Hall–Kier alpha value is -0.680. The molecule has 0 saturated carbocycles. The Balaban J connectivity index is 2.45. The summed E-state index contributed by atoms with van der Waals surface area (Å²) in [5, 5.41) is 0.691. The molecule has 0 N–H and O–H groups in total. The van der Waals surface area contributed by atoms with E-state index in [0.29, 0.717) is 34.7 Å². The van der Waals surface area contributed by atoms with E-state index in [1.807, 2.05) is 24.3 Å². The van der Waals surface area contributed by atoms with Gasteiger partial charge in [-0.3, -0.25) is 0 Å². The van der Waals surface area contributed by atoms with Gasteiger partial charge in [0.15, 0.2) is 0 Å². The van der Waals surface area contributed by atoms with Crippen molar-refractivity contribution in [1.29, 1.82) is 0 Å². The fourth-order valence-electron chi connectivity index (χ4n) is 1.64. The van der Waals surface area contributed by atoms with E-state index in [1.165, 1.54) is 0 Å². The molecule has 1 heterocycles. The van der Waals surface area contributed by atoms with Crippen LogP contribution < -0.4 is 0 Å². The average molecular weight is 362 g/mol. The molecule has 0 radical (unpaired) electrons. The monoisotopic (exact) mass is 360 g/mol. The zero-order chi connectivity index (χ0) is 13.8. The molecule has 0 fully saturated rings. The predicted molar refractivity (Wildman–Crippen MR) is 80.8 cm³/mol. The normalized spacial score (nSPS) is 10.7. The fraction of sp³-hybridized carbons (Fsp3) is 0.231. The molecule has 0 spiro atoms. The molecule has 0 aliphatic rings. The molecule has 2 rings (SSSR count). The average Bonchev–Trinajstić information content (AvgIpc) is 2.38. The van der Waals surface area contributed by atoms with E-state index < -0.39 is 0 Å². The highest BCUT2D eigenvalue weighted by Gasteiger charge is 2.15. The van der Waals surface area contributed by atoms with E-state index in [0.717, 1.165) is 10.0 Å². The van der Waals surface area contributed by atoms with Gasteiger partial charge in [0, 0.05) is 23.6 Å². The van der Waals surface area contributed by atoms with Crippen LogP contribution in [0.5, 0.6) is 0 Å². The summed E-state index contributed by atoms with van der Waals surface area (Å²) < 4.78 is 5.88. The first-order chi connectivity index (χ1) is 9.13. The van der Waals surface area contributed by atoms with Crippen LogP contribution in [-0.2, 0) is 11.2 Å². The SMILES string of the molecule is COCCc1nc(Cl)c(-c2ccccc2Br)c(Cl)n1. The molecule has 1 aromatic heterocycles. The van der Waals surface area contributed by atoms with E-state index >= 15 is 0 Å². The van der Waals surface area contributed by atoms with Crippen LogP contribution in [0.4, 0.5) is 0 Å². The largest absolute Gasteiger partial charge is 0.384 e. The molecule has 0 atom stereocenters. The van der Waals surface area contributed by atoms with Crippen LogP contribution in [0.2, 0.25) is 10.3 Å². The van der Waals surface area contributed by atoms with Gasteiger partial charge in [0.1, 0.15) is 16.1 Å². The Labute approximate surface area is 130 Å². The predicted octanol–water partition coefficient (Wildman–Crippen LogP) is 4.40. The highest BCUT2D eigenvalue weighted by molar-refractivity contribution is 9.10. The van der Waals surface area contributed by atoms with Gasteiger partial charge in [-0.15, -0.1) is 0 Å². The van der Waals surface area contributed by atoms with Crippen molar-refractivity contribution in [3.63, 3.8) is 0 Å². The van der Waals surface area contributed by atoms with E-state index in [1.54, 1.807) is 7.11 Å². The van der Waals surface area contributed by atoms with E-state index in [-0.39, 0.29) is 0 Å². The van der Waals surface area contributed by atoms with Gasteiger partial charge >= 0.3 is 0 Å².